The molecule has 1 aromatic carbocycles. The Morgan fingerprint density at radius 2 is 2.09 bits per heavy atom. The summed E-state index contributed by atoms with van der Waals surface area (Å²) in [6, 6.07) is 6.12. The summed E-state index contributed by atoms with van der Waals surface area (Å²) in [6.07, 6.45) is 1.46. The van der Waals surface area contributed by atoms with E-state index in [0.717, 1.165) is 20.9 Å². The Kier molecular flexibility index (Phi) is 4.54. The van der Waals surface area contributed by atoms with Gasteiger partial charge in [-0.3, -0.25) is 0 Å². The minimum Gasteiger partial charge on any atom is -0.393 e. The lowest BCUT2D eigenvalue weighted by Gasteiger charge is -2.10. The third-order valence-corrected chi connectivity index (χ3v) is 4.26. The first kappa shape index (κ1) is 15.4. The molecule has 8 heteroatoms. The van der Waals surface area contributed by atoms with Crippen LogP contribution < -0.4 is 16.4 Å². The zero-order valence-electron chi connectivity index (χ0n) is 13.0. The Morgan fingerprint density at radius 1 is 1.26 bits per heavy atom. The summed E-state index contributed by atoms with van der Waals surface area (Å²) in [5, 5.41) is 7.05. The van der Waals surface area contributed by atoms with Gasteiger partial charge in [0.05, 0.1) is 16.8 Å². The topological polar surface area (TPSA) is 98.0 Å². The lowest BCUT2D eigenvalue weighted by atomic mass is 10.2. The molecule has 0 unspecified atom stereocenters. The van der Waals surface area contributed by atoms with E-state index >= 15 is 0 Å². The zero-order valence-corrected chi connectivity index (χ0v) is 13.8. The van der Waals surface area contributed by atoms with Crippen LogP contribution in [0.15, 0.2) is 24.5 Å². The van der Waals surface area contributed by atoms with Gasteiger partial charge in [-0.25, -0.2) is 15.0 Å². The Labute approximate surface area is 137 Å². The van der Waals surface area contributed by atoms with Crippen molar-refractivity contribution in [1.82, 2.24) is 15.0 Å². The number of nitrogen functional groups attached to an aromatic ring is 1. The number of benzene rings is 1. The number of anilines is 4. The quantitative estimate of drug-likeness (QED) is 0.598. The standard InChI is InChI=1S/C15H18N6OS/c1-9-4-3-5-10-12(9)20-15(23-10)21-14-11(16)13(18-8-19-14)17-6-7-22-2/h3-5,8H,6-7,16H2,1-2H3,(H2,17,18,19,20,21). The molecule has 0 atom stereocenters. The Bertz CT molecular complexity index is 819. The molecule has 23 heavy (non-hydrogen) atoms. The average molecular weight is 330 g/mol. The van der Waals surface area contributed by atoms with Gasteiger partial charge in [0.25, 0.3) is 0 Å². The third kappa shape index (κ3) is 3.33. The second-order valence-electron chi connectivity index (χ2n) is 4.97. The van der Waals surface area contributed by atoms with Crippen molar-refractivity contribution in [3.63, 3.8) is 0 Å². The molecule has 2 aromatic heterocycles. The van der Waals surface area contributed by atoms with Crippen molar-refractivity contribution in [2.45, 2.75) is 6.92 Å². The number of hydrogen-bond acceptors (Lipinski definition) is 8. The van der Waals surface area contributed by atoms with Gasteiger partial charge in [0.15, 0.2) is 16.8 Å². The van der Waals surface area contributed by atoms with E-state index in [1.54, 1.807) is 18.4 Å². The SMILES string of the molecule is COCCNc1ncnc(Nc2nc3c(C)cccc3s2)c1N. The molecule has 7 nitrogen and oxygen atoms in total. The number of aromatic nitrogens is 3. The van der Waals surface area contributed by atoms with E-state index in [-0.39, 0.29) is 0 Å². The fourth-order valence-electron chi connectivity index (χ4n) is 2.15. The molecule has 0 spiro atoms. The van der Waals surface area contributed by atoms with Crippen molar-refractivity contribution in [1.29, 1.82) is 0 Å². The number of ether oxygens (including phenoxy) is 1. The minimum absolute atomic E-state index is 0.458. The molecule has 0 aliphatic heterocycles. The number of fused-ring (bicyclic) bond motifs is 1. The number of nitrogens with zero attached hydrogens (tertiary/aromatic N) is 3. The van der Waals surface area contributed by atoms with Crippen LogP contribution in [0.3, 0.4) is 0 Å². The summed E-state index contributed by atoms with van der Waals surface area (Å²) >= 11 is 1.56. The van der Waals surface area contributed by atoms with Crippen molar-refractivity contribution in [2.24, 2.45) is 0 Å². The lowest BCUT2D eigenvalue weighted by molar-refractivity contribution is 0.210. The molecule has 0 saturated carbocycles. The second-order valence-corrected chi connectivity index (χ2v) is 6.00. The molecule has 3 rings (SSSR count). The van der Waals surface area contributed by atoms with Crippen molar-refractivity contribution < 1.29 is 4.74 Å². The first-order valence-electron chi connectivity index (χ1n) is 7.15. The number of para-hydroxylation sites is 1. The Hall–Kier alpha value is -2.45. The molecular formula is C15H18N6OS. The van der Waals surface area contributed by atoms with Crippen LogP contribution in [0.4, 0.5) is 22.5 Å². The van der Waals surface area contributed by atoms with Gasteiger partial charge in [0, 0.05) is 13.7 Å². The highest BCUT2D eigenvalue weighted by Crippen LogP contribution is 2.32. The number of thiazole rings is 1. The second kappa shape index (κ2) is 6.76. The van der Waals surface area contributed by atoms with E-state index in [9.17, 15) is 0 Å². The zero-order chi connectivity index (χ0) is 16.2. The van der Waals surface area contributed by atoms with Gasteiger partial charge >= 0.3 is 0 Å². The van der Waals surface area contributed by atoms with E-state index in [4.69, 9.17) is 10.5 Å². The van der Waals surface area contributed by atoms with E-state index in [2.05, 4.69) is 25.6 Å². The van der Waals surface area contributed by atoms with Gasteiger partial charge in [-0.1, -0.05) is 23.5 Å². The van der Waals surface area contributed by atoms with E-state index < -0.39 is 0 Å². The summed E-state index contributed by atoms with van der Waals surface area (Å²) in [6.45, 7) is 3.24. The predicted molar refractivity (Wildman–Crippen MR) is 94.4 cm³/mol. The average Bonchev–Trinajstić information content (AvgIpc) is 2.95. The maximum absolute atomic E-state index is 6.12. The van der Waals surface area contributed by atoms with Crippen LogP contribution in [0.1, 0.15) is 5.56 Å². The summed E-state index contributed by atoms with van der Waals surface area (Å²) < 4.78 is 6.13. The fourth-order valence-corrected chi connectivity index (χ4v) is 3.09. The summed E-state index contributed by atoms with van der Waals surface area (Å²) in [7, 11) is 1.65. The minimum atomic E-state index is 0.458. The molecule has 0 radical (unpaired) electrons. The van der Waals surface area contributed by atoms with Crippen LogP contribution in [0.2, 0.25) is 0 Å². The van der Waals surface area contributed by atoms with E-state index in [0.29, 0.717) is 30.5 Å². The molecule has 2 heterocycles. The van der Waals surface area contributed by atoms with Crippen LogP contribution in [-0.4, -0.2) is 35.2 Å². The van der Waals surface area contributed by atoms with E-state index in [1.807, 2.05) is 25.1 Å². The summed E-state index contributed by atoms with van der Waals surface area (Å²) in [5.41, 5.74) is 8.72. The molecule has 120 valence electrons. The summed E-state index contributed by atoms with van der Waals surface area (Å²) in [4.78, 5) is 13.0. The van der Waals surface area contributed by atoms with Crippen LogP contribution >= 0.6 is 11.3 Å². The Balaban J connectivity index is 1.84. The van der Waals surface area contributed by atoms with Crippen LogP contribution in [0.25, 0.3) is 10.2 Å². The van der Waals surface area contributed by atoms with E-state index in [1.165, 1.54) is 6.33 Å². The van der Waals surface area contributed by atoms with Crippen molar-refractivity contribution in [3.05, 3.63) is 30.1 Å². The first-order chi connectivity index (χ1) is 11.2. The van der Waals surface area contributed by atoms with Gasteiger partial charge in [0.1, 0.15) is 12.0 Å². The molecule has 0 aliphatic rings. The van der Waals surface area contributed by atoms with Gasteiger partial charge in [0.2, 0.25) is 0 Å². The maximum Gasteiger partial charge on any atom is 0.189 e. The highest BCUT2D eigenvalue weighted by Gasteiger charge is 2.11. The van der Waals surface area contributed by atoms with Crippen LogP contribution in [0, 0.1) is 6.92 Å². The molecule has 0 amide bonds. The summed E-state index contributed by atoms with van der Waals surface area (Å²) in [5.74, 6) is 1.12. The first-order valence-corrected chi connectivity index (χ1v) is 7.97. The van der Waals surface area contributed by atoms with Gasteiger partial charge in [-0.2, -0.15) is 0 Å². The Morgan fingerprint density at radius 3 is 2.87 bits per heavy atom. The number of hydrogen-bond donors (Lipinski definition) is 3. The molecule has 0 saturated heterocycles. The smallest absolute Gasteiger partial charge is 0.189 e. The number of methoxy groups -OCH3 is 1. The predicted octanol–water partition coefficient (Wildman–Crippen LogP) is 2.78. The van der Waals surface area contributed by atoms with Gasteiger partial charge in [-0.15, -0.1) is 0 Å². The molecular weight excluding hydrogens is 312 g/mol. The third-order valence-electron chi connectivity index (χ3n) is 3.33. The molecule has 0 aliphatic carbocycles. The number of aryl methyl sites for hydroxylation is 1. The van der Waals surface area contributed by atoms with Gasteiger partial charge < -0.3 is 21.1 Å². The highest BCUT2D eigenvalue weighted by molar-refractivity contribution is 7.22. The number of nitrogens with one attached hydrogen (secondary N) is 2. The van der Waals surface area contributed by atoms with Crippen LogP contribution in [-0.2, 0) is 4.74 Å². The molecule has 3 aromatic rings. The highest BCUT2D eigenvalue weighted by atomic mass is 32.1. The van der Waals surface area contributed by atoms with Crippen molar-refractivity contribution in [2.75, 3.05) is 36.6 Å². The fraction of sp³-hybridized carbons (Fsp3) is 0.267. The van der Waals surface area contributed by atoms with Crippen LogP contribution in [0.5, 0.6) is 0 Å². The van der Waals surface area contributed by atoms with Crippen molar-refractivity contribution in [3.8, 4) is 0 Å². The molecule has 0 bridgehead atoms. The lowest BCUT2D eigenvalue weighted by Crippen LogP contribution is -2.12. The maximum atomic E-state index is 6.12. The molecule has 0 fully saturated rings. The number of rotatable bonds is 6. The van der Waals surface area contributed by atoms with Crippen molar-refractivity contribution >= 4 is 44.0 Å². The number of nitrogens with two attached hydrogens (primary N) is 1. The molecule has 4 N–H and O–H groups in total. The van der Waals surface area contributed by atoms with Gasteiger partial charge in [-0.05, 0) is 18.6 Å². The largest absolute Gasteiger partial charge is 0.393 e. The monoisotopic (exact) mass is 330 g/mol. The normalized spacial score (nSPS) is 10.9.